The Kier molecular flexibility index (Phi) is 4.06. The number of hydrogen-bond acceptors (Lipinski definition) is 2. The molecule has 1 aliphatic heterocycles. The summed E-state index contributed by atoms with van der Waals surface area (Å²) in [6.45, 7) is 5.36. The van der Waals surface area contributed by atoms with E-state index in [2.05, 4.69) is 29.5 Å². The number of allylic oxidation sites excluding steroid dienone is 1. The molecule has 4 atom stereocenters. The van der Waals surface area contributed by atoms with E-state index in [1.54, 1.807) is 12.1 Å². The Morgan fingerprint density at radius 1 is 1.29 bits per heavy atom. The van der Waals surface area contributed by atoms with Crippen LogP contribution in [0, 0.1) is 23.1 Å². The van der Waals surface area contributed by atoms with E-state index >= 15 is 0 Å². The molecule has 2 saturated carbocycles. The van der Waals surface area contributed by atoms with Crippen LogP contribution in [0.15, 0.2) is 36.2 Å². The monoisotopic (exact) mass is 380 g/mol. The maximum Gasteiger partial charge on any atom is 0.123 e. The fourth-order valence-corrected chi connectivity index (χ4v) is 6.49. The lowest BCUT2D eigenvalue weighted by Crippen LogP contribution is -2.71. The molecular weight excluding hydrogens is 351 g/mol. The molecule has 0 amide bonds. The summed E-state index contributed by atoms with van der Waals surface area (Å²) in [5.74, 6) is 0.401. The van der Waals surface area contributed by atoms with E-state index in [9.17, 15) is 9.50 Å². The van der Waals surface area contributed by atoms with Crippen LogP contribution in [0.2, 0.25) is 0 Å². The Morgan fingerprint density at radius 3 is 2.82 bits per heavy atom. The summed E-state index contributed by atoms with van der Waals surface area (Å²) in [5, 5.41) is 11.5. The van der Waals surface area contributed by atoms with Crippen LogP contribution in [0.4, 0.5) is 4.39 Å². The summed E-state index contributed by atoms with van der Waals surface area (Å²) in [4.78, 5) is 4.68. The minimum Gasteiger partial charge on any atom is -0.389 e. The number of aromatic nitrogens is 2. The number of rotatable bonds is 4. The number of fused-ring (bicyclic) bond motifs is 1. The van der Waals surface area contributed by atoms with Gasteiger partial charge in [0.2, 0.25) is 0 Å². The first kappa shape index (κ1) is 18.1. The van der Waals surface area contributed by atoms with E-state index in [1.165, 1.54) is 17.7 Å². The molecule has 1 unspecified atom stereocenters. The molecule has 0 radical (unpaired) electrons. The van der Waals surface area contributed by atoms with E-state index < -0.39 is 5.60 Å². The molecule has 1 aromatic heterocycles. The van der Waals surface area contributed by atoms with Crippen LogP contribution in [-0.2, 0) is 6.54 Å². The van der Waals surface area contributed by atoms with E-state index in [1.807, 2.05) is 6.33 Å². The van der Waals surface area contributed by atoms with Crippen LogP contribution in [0.1, 0.15) is 58.1 Å². The Bertz CT molecular complexity index is 931. The van der Waals surface area contributed by atoms with E-state index in [-0.39, 0.29) is 17.2 Å². The zero-order valence-electron chi connectivity index (χ0n) is 16.8. The summed E-state index contributed by atoms with van der Waals surface area (Å²) in [5.41, 5.74) is 4.06. The van der Waals surface area contributed by atoms with E-state index in [0.717, 1.165) is 62.0 Å². The Morgan fingerprint density at radius 2 is 2.07 bits per heavy atom. The number of hydrogen-bond donors (Lipinski definition) is 1. The van der Waals surface area contributed by atoms with Crippen molar-refractivity contribution in [3.8, 4) is 11.3 Å². The first-order valence-corrected chi connectivity index (χ1v) is 10.7. The quantitative estimate of drug-likeness (QED) is 0.766. The maximum absolute atomic E-state index is 13.3. The molecule has 3 nitrogen and oxygen atoms in total. The predicted octanol–water partition coefficient (Wildman–Crippen LogP) is 5.44. The summed E-state index contributed by atoms with van der Waals surface area (Å²) in [6.07, 6.45) is 10.8. The first-order valence-electron chi connectivity index (χ1n) is 10.7. The van der Waals surface area contributed by atoms with Crippen molar-refractivity contribution in [1.29, 1.82) is 0 Å². The first-order chi connectivity index (χ1) is 13.5. The van der Waals surface area contributed by atoms with Crippen LogP contribution in [0.25, 0.3) is 17.3 Å². The van der Waals surface area contributed by atoms with Gasteiger partial charge in [-0.25, -0.2) is 9.37 Å². The number of nitrogens with zero attached hydrogens (tertiary/aromatic N) is 2. The molecule has 28 heavy (non-hydrogen) atoms. The highest BCUT2D eigenvalue weighted by molar-refractivity contribution is 5.73. The molecule has 5 rings (SSSR count). The number of halogens is 1. The van der Waals surface area contributed by atoms with Gasteiger partial charge in [-0.15, -0.1) is 0 Å². The summed E-state index contributed by atoms with van der Waals surface area (Å²) < 4.78 is 15.6. The molecule has 2 aliphatic carbocycles. The molecule has 1 N–H and O–H groups in total. The third kappa shape index (κ3) is 2.27. The van der Waals surface area contributed by atoms with Gasteiger partial charge in [0.15, 0.2) is 0 Å². The standard InChI is InChI=1S/C24H29FN2O/c1-3-4-12-24(28)16(2)23-14-27-15-26-22(17-8-10-19(25)11-9-17)20(27)13-18(23)6-5-7-21(23)24/h8-11,13,15-16,21,28H,3-7,12,14H2,1-2H3/t16?,21-,23+,24-/m0/s1. The minimum absolute atomic E-state index is 0.0779. The van der Waals surface area contributed by atoms with Gasteiger partial charge in [-0.05, 0) is 67.9 Å². The number of unbranched alkanes of at least 4 members (excludes halogenated alkanes) is 1. The molecule has 4 heteroatoms. The van der Waals surface area contributed by atoms with Crippen LogP contribution in [-0.4, -0.2) is 20.3 Å². The number of aliphatic hydroxyl groups is 1. The zero-order valence-corrected chi connectivity index (χ0v) is 16.8. The average molecular weight is 381 g/mol. The Balaban J connectivity index is 1.54. The van der Waals surface area contributed by atoms with Gasteiger partial charge in [0.1, 0.15) is 5.82 Å². The van der Waals surface area contributed by atoms with Crippen molar-refractivity contribution in [2.75, 3.05) is 0 Å². The molecule has 2 heterocycles. The average Bonchev–Trinajstić information content (AvgIpc) is 3.12. The summed E-state index contributed by atoms with van der Waals surface area (Å²) in [7, 11) is 0. The molecule has 0 bridgehead atoms. The van der Waals surface area contributed by atoms with Gasteiger partial charge in [0.25, 0.3) is 0 Å². The third-order valence-electron chi connectivity index (χ3n) is 7.95. The van der Waals surface area contributed by atoms with Crippen LogP contribution in [0.3, 0.4) is 0 Å². The fraction of sp³-hybridized carbons (Fsp3) is 0.542. The largest absolute Gasteiger partial charge is 0.389 e. The van der Waals surface area contributed by atoms with Crippen molar-refractivity contribution in [3.63, 3.8) is 0 Å². The topological polar surface area (TPSA) is 38.0 Å². The normalized spacial score (nSPS) is 33.4. The van der Waals surface area contributed by atoms with Crippen molar-refractivity contribution in [1.82, 2.24) is 9.55 Å². The molecule has 2 aromatic rings. The van der Waals surface area contributed by atoms with Crippen LogP contribution < -0.4 is 0 Å². The van der Waals surface area contributed by atoms with Gasteiger partial charge >= 0.3 is 0 Å². The smallest absolute Gasteiger partial charge is 0.123 e. The van der Waals surface area contributed by atoms with Crippen LogP contribution >= 0.6 is 0 Å². The molecular formula is C24H29FN2O. The van der Waals surface area contributed by atoms with Gasteiger partial charge in [-0.2, -0.15) is 0 Å². The Hall–Kier alpha value is -1.94. The highest BCUT2D eigenvalue weighted by atomic mass is 19.1. The van der Waals surface area contributed by atoms with E-state index in [4.69, 9.17) is 0 Å². The zero-order chi connectivity index (χ0) is 19.5. The van der Waals surface area contributed by atoms with Crippen molar-refractivity contribution in [3.05, 3.63) is 47.7 Å². The molecule has 148 valence electrons. The number of benzene rings is 1. The second-order valence-corrected chi connectivity index (χ2v) is 9.08. The summed E-state index contributed by atoms with van der Waals surface area (Å²) >= 11 is 0. The minimum atomic E-state index is -0.520. The van der Waals surface area contributed by atoms with Crippen molar-refractivity contribution >= 4 is 6.08 Å². The fourth-order valence-electron chi connectivity index (χ4n) is 6.49. The number of imidazole rings is 1. The lowest BCUT2D eigenvalue weighted by molar-refractivity contribution is -0.251. The van der Waals surface area contributed by atoms with E-state index in [0.29, 0.717) is 5.92 Å². The van der Waals surface area contributed by atoms with Crippen molar-refractivity contribution < 1.29 is 9.50 Å². The van der Waals surface area contributed by atoms with Gasteiger partial charge < -0.3 is 9.67 Å². The second-order valence-electron chi connectivity index (χ2n) is 9.08. The molecule has 2 fully saturated rings. The lowest BCUT2D eigenvalue weighted by Gasteiger charge is -2.69. The predicted molar refractivity (Wildman–Crippen MR) is 109 cm³/mol. The molecule has 1 spiro atoms. The van der Waals surface area contributed by atoms with Crippen molar-refractivity contribution in [2.24, 2.45) is 17.3 Å². The van der Waals surface area contributed by atoms with Gasteiger partial charge in [-0.3, -0.25) is 0 Å². The van der Waals surface area contributed by atoms with Crippen molar-refractivity contribution in [2.45, 2.75) is 64.5 Å². The Labute approximate surface area is 166 Å². The van der Waals surface area contributed by atoms with Gasteiger partial charge in [0.05, 0.1) is 23.3 Å². The molecule has 0 saturated heterocycles. The lowest BCUT2D eigenvalue weighted by atomic mass is 9.38. The van der Waals surface area contributed by atoms with Gasteiger partial charge in [-0.1, -0.05) is 32.3 Å². The molecule has 1 aromatic carbocycles. The summed E-state index contributed by atoms with van der Waals surface area (Å²) in [6, 6.07) is 6.61. The maximum atomic E-state index is 13.3. The highest BCUT2D eigenvalue weighted by Gasteiger charge is 2.70. The third-order valence-corrected chi connectivity index (χ3v) is 7.95. The van der Waals surface area contributed by atoms with Gasteiger partial charge in [0, 0.05) is 17.5 Å². The highest BCUT2D eigenvalue weighted by Crippen LogP contribution is 2.69. The van der Waals surface area contributed by atoms with Crippen LogP contribution in [0.5, 0.6) is 0 Å². The molecule has 3 aliphatic rings. The SMILES string of the molecule is CCCC[C@]1(O)C(C)[C@]23Cn4cnc(-c5ccc(F)cc5)c4C=C2CCC[C@@H]31. The second kappa shape index (κ2) is 6.28.